The van der Waals surface area contributed by atoms with Gasteiger partial charge in [0.05, 0.1) is 7.11 Å². The number of nitrogens with zero attached hydrogens (tertiary/aromatic N) is 1. The highest BCUT2D eigenvalue weighted by Crippen LogP contribution is 1.91. The molecule has 0 aliphatic heterocycles. The van der Waals surface area contributed by atoms with Gasteiger partial charge in [0, 0.05) is 18.8 Å². The van der Waals surface area contributed by atoms with E-state index in [1.54, 1.807) is 7.05 Å². The lowest BCUT2D eigenvalue weighted by molar-refractivity contribution is -0.116. The number of methoxy groups -OCH3 is 1. The van der Waals surface area contributed by atoms with Crippen LogP contribution < -0.4 is 5.32 Å². The van der Waals surface area contributed by atoms with Gasteiger partial charge < -0.3 is 10.1 Å². The van der Waals surface area contributed by atoms with Gasteiger partial charge in [-0.25, -0.2) is 4.99 Å². The van der Waals surface area contributed by atoms with E-state index in [2.05, 4.69) is 21.6 Å². The maximum absolute atomic E-state index is 10.8. The molecule has 0 saturated heterocycles. The van der Waals surface area contributed by atoms with E-state index in [9.17, 15) is 4.79 Å². The molecule has 66 valence electrons. The summed E-state index contributed by atoms with van der Waals surface area (Å²) in [5.74, 6) is -0.223. The molecular weight excluding hydrogens is 156 g/mol. The van der Waals surface area contributed by atoms with Crippen LogP contribution in [0.15, 0.2) is 29.4 Å². The molecule has 0 fully saturated rings. The van der Waals surface area contributed by atoms with Crippen LogP contribution >= 0.6 is 0 Å². The number of nitrogens with one attached hydrogen (secondary N) is 1. The van der Waals surface area contributed by atoms with Gasteiger partial charge in [-0.15, -0.1) is 0 Å². The Bertz CT molecular complexity index is 219. The highest BCUT2D eigenvalue weighted by molar-refractivity contribution is 5.95. The summed E-state index contributed by atoms with van der Waals surface area (Å²) in [5, 5.41) is 2.43. The Morgan fingerprint density at radius 3 is 2.83 bits per heavy atom. The summed E-state index contributed by atoms with van der Waals surface area (Å²) < 4.78 is 4.54. The fraction of sp³-hybridized carbons (Fsp3) is 0.250. The molecule has 0 bridgehead atoms. The predicted octanol–water partition coefficient (Wildman–Crippen LogP) is 0.477. The summed E-state index contributed by atoms with van der Waals surface area (Å²) in [6.45, 7) is 3.51. The topological polar surface area (TPSA) is 50.7 Å². The van der Waals surface area contributed by atoms with Crippen LogP contribution in [0.1, 0.15) is 0 Å². The van der Waals surface area contributed by atoms with E-state index >= 15 is 0 Å². The minimum atomic E-state index is -0.223. The van der Waals surface area contributed by atoms with Crippen LogP contribution in [0.4, 0.5) is 0 Å². The number of carbonyl (C=O) groups excluding carboxylic acids is 1. The van der Waals surface area contributed by atoms with E-state index in [4.69, 9.17) is 0 Å². The molecule has 0 heterocycles. The van der Waals surface area contributed by atoms with Crippen LogP contribution in [-0.2, 0) is 9.53 Å². The standard InChI is InChI=1S/C8H12N2O2/c1-7(8(11)9-2)4-5-10-6-12-3/h4-6H,1H2,2-3H3,(H,9,11)/b5-4-,10-6?. The minimum Gasteiger partial charge on any atom is -0.486 e. The molecule has 1 amide bonds. The molecule has 0 aliphatic carbocycles. The lowest BCUT2D eigenvalue weighted by atomic mass is 10.3. The molecule has 4 nitrogen and oxygen atoms in total. The van der Waals surface area contributed by atoms with Crippen molar-refractivity contribution in [2.75, 3.05) is 14.2 Å². The molecule has 0 atom stereocenters. The number of hydrogen-bond donors (Lipinski definition) is 1. The first-order valence-electron chi connectivity index (χ1n) is 3.34. The summed E-state index contributed by atoms with van der Waals surface area (Å²) in [6.07, 6.45) is 4.18. The Labute approximate surface area is 71.6 Å². The van der Waals surface area contributed by atoms with Crippen molar-refractivity contribution in [2.24, 2.45) is 4.99 Å². The Kier molecular flexibility index (Phi) is 5.34. The van der Waals surface area contributed by atoms with E-state index in [0.29, 0.717) is 5.57 Å². The fourth-order valence-corrected chi connectivity index (χ4v) is 0.465. The highest BCUT2D eigenvalue weighted by Gasteiger charge is 1.97. The summed E-state index contributed by atoms with van der Waals surface area (Å²) in [6, 6.07) is 0. The normalized spacial score (nSPS) is 10.5. The zero-order chi connectivity index (χ0) is 9.40. The molecule has 0 radical (unpaired) electrons. The second-order valence-electron chi connectivity index (χ2n) is 1.91. The van der Waals surface area contributed by atoms with Crippen LogP contribution in [0.25, 0.3) is 0 Å². The summed E-state index contributed by atoms with van der Waals surface area (Å²) >= 11 is 0. The number of hydrogen-bond acceptors (Lipinski definition) is 3. The third kappa shape index (κ3) is 4.27. The average molecular weight is 168 g/mol. The smallest absolute Gasteiger partial charge is 0.250 e. The molecule has 12 heavy (non-hydrogen) atoms. The van der Waals surface area contributed by atoms with Gasteiger partial charge in [0.1, 0.15) is 0 Å². The number of amides is 1. The molecule has 4 heteroatoms. The van der Waals surface area contributed by atoms with Crippen LogP contribution in [0, 0.1) is 0 Å². The van der Waals surface area contributed by atoms with Crippen LogP contribution in [0.2, 0.25) is 0 Å². The summed E-state index contributed by atoms with van der Waals surface area (Å²) in [4.78, 5) is 14.5. The largest absolute Gasteiger partial charge is 0.486 e. The molecule has 0 spiro atoms. The Hall–Kier alpha value is -1.58. The third-order valence-corrected chi connectivity index (χ3v) is 1.05. The molecule has 0 aromatic rings. The SMILES string of the molecule is C=C(/C=C\N=COC)C(=O)NC. The molecule has 0 rings (SSSR count). The van der Waals surface area contributed by atoms with Crippen molar-refractivity contribution in [2.45, 2.75) is 0 Å². The van der Waals surface area contributed by atoms with Crippen molar-refractivity contribution in [3.63, 3.8) is 0 Å². The highest BCUT2D eigenvalue weighted by atomic mass is 16.5. The maximum Gasteiger partial charge on any atom is 0.250 e. The Morgan fingerprint density at radius 2 is 2.33 bits per heavy atom. The second-order valence-corrected chi connectivity index (χ2v) is 1.91. The zero-order valence-corrected chi connectivity index (χ0v) is 7.20. The molecule has 0 aromatic heterocycles. The van der Waals surface area contributed by atoms with Crippen LogP contribution in [0.5, 0.6) is 0 Å². The van der Waals surface area contributed by atoms with Crippen molar-refractivity contribution in [1.29, 1.82) is 0 Å². The van der Waals surface area contributed by atoms with Gasteiger partial charge in [-0.1, -0.05) is 6.58 Å². The molecule has 0 aromatic carbocycles. The number of ether oxygens (including phenoxy) is 1. The predicted molar refractivity (Wildman–Crippen MR) is 47.8 cm³/mol. The first kappa shape index (κ1) is 10.4. The van der Waals surface area contributed by atoms with Gasteiger partial charge in [0.25, 0.3) is 0 Å². The average Bonchev–Trinajstić information content (AvgIpc) is 2.10. The fourth-order valence-electron chi connectivity index (χ4n) is 0.465. The molecule has 0 saturated carbocycles. The van der Waals surface area contributed by atoms with E-state index in [-0.39, 0.29) is 5.91 Å². The molecular formula is C8H12N2O2. The lowest BCUT2D eigenvalue weighted by Crippen LogP contribution is -2.18. The van der Waals surface area contributed by atoms with Crippen molar-refractivity contribution in [3.8, 4) is 0 Å². The van der Waals surface area contributed by atoms with Crippen LogP contribution in [-0.4, -0.2) is 26.5 Å². The van der Waals surface area contributed by atoms with Crippen molar-refractivity contribution in [1.82, 2.24) is 5.32 Å². The number of aliphatic imine (C=N–C) groups is 1. The zero-order valence-electron chi connectivity index (χ0n) is 7.20. The lowest BCUT2D eigenvalue weighted by Gasteiger charge is -1.94. The van der Waals surface area contributed by atoms with Crippen molar-refractivity contribution in [3.05, 3.63) is 24.4 Å². The van der Waals surface area contributed by atoms with Gasteiger partial charge in [-0.3, -0.25) is 4.79 Å². The number of carbonyl (C=O) groups is 1. The van der Waals surface area contributed by atoms with Crippen LogP contribution in [0.3, 0.4) is 0 Å². The van der Waals surface area contributed by atoms with E-state index in [1.807, 2.05) is 0 Å². The Morgan fingerprint density at radius 1 is 1.67 bits per heavy atom. The first-order valence-corrected chi connectivity index (χ1v) is 3.34. The second kappa shape index (κ2) is 6.15. The number of rotatable bonds is 4. The Balaban J connectivity index is 3.91. The van der Waals surface area contributed by atoms with Gasteiger partial charge >= 0.3 is 0 Å². The summed E-state index contributed by atoms with van der Waals surface area (Å²) in [5.41, 5.74) is 0.353. The van der Waals surface area contributed by atoms with E-state index in [1.165, 1.54) is 25.8 Å². The molecule has 0 unspecified atom stereocenters. The number of likely N-dealkylation sites (N-methyl/N-ethyl adjacent to an activating group) is 1. The third-order valence-electron chi connectivity index (χ3n) is 1.05. The first-order chi connectivity index (χ1) is 5.72. The summed E-state index contributed by atoms with van der Waals surface area (Å²) in [7, 11) is 3.03. The van der Waals surface area contributed by atoms with E-state index < -0.39 is 0 Å². The minimum absolute atomic E-state index is 0.223. The van der Waals surface area contributed by atoms with Gasteiger partial charge in [0.15, 0.2) is 6.40 Å². The quantitative estimate of drug-likeness (QED) is 0.287. The van der Waals surface area contributed by atoms with E-state index in [0.717, 1.165) is 0 Å². The maximum atomic E-state index is 10.8. The molecule has 1 N–H and O–H groups in total. The van der Waals surface area contributed by atoms with Gasteiger partial charge in [-0.05, 0) is 6.08 Å². The van der Waals surface area contributed by atoms with Gasteiger partial charge in [-0.2, -0.15) is 0 Å². The molecule has 0 aliphatic rings. The van der Waals surface area contributed by atoms with Crippen molar-refractivity contribution < 1.29 is 9.53 Å². The monoisotopic (exact) mass is 168 g/mol. The van der Waals surface area contributed by atoms with Gasteiger partial charge in [0.2, 0.25) is 5.91 Å². The van der Waals surface area contributed by atoms with Crippen molar-refractivity contribution >= 4 is 12.3 Å².